The second-order valence-corrected chi connectivity index (χ2v) is 10.5. The van der Waals surface area contributed by atoms with E-state index in [0.717, 1.165) is 32.1 Å². The Morgan fingerprint density at radius 2 is 1.79 bits per heavy atom. The van der Waals surface area contributed by atoms with Gasteiger partial charge in [0.2, 0.25) is 5.75 Å². The van der Waals surface area contributed by atoms with Gasteiger partial charge in [0.15, 0.2) is 0 Å². The molecule has 3 aliphatic rings. The van der Waals surface area contributed by atoms with Crippen LogP contribution in [0.3, 0.4) is 0 Å². The molecule has 0 unspecified atom stereocenters. The molecular weight excluding hydrogens is 478 g/mol. The van der Waals surface area contributed by atoms with E-state index in [1.807, 2.05) is 4.90 Å². The highest BCUT2D eigenvalue weighted by molar-refractivity contribution is 7.87. The van der Waals surface area contributed by atoms with Gasteiger partial charge in [0.25, 0.3) is 10.2 Å². The zero-order valence-electron chi connectivity index (χ0n) is 19.0. The van der Waals surface area contributed by atoms with Crippen molar-refractivity contribution in [2.75, 3.05) is 44.2 Å². The summed E-state index contributed by atoms with van der Waals surface area (Å²) in [7, 11) is -3.54. The lowest BCUT2D eigenvalue weighted by molar-refractivity contribution is 0.299. The summed E-state index contributed by atoms with van der Waals surface area (Å²) in [6.07, 6.45) is 10.1. The molecule has 0 aliphatic carbocycles. The molecule has 2 aromatic rings. The van der Waals surface area contributed by atoms with Gasteiger partial charge in [-0.2, -0.15) is 22.5 Å². The van der Waals surface area contributed by atoms with E-state index >= 15 is 0 Å². The molecule has 0 atom stereocenters. The maximum Gasteiger partial charge on any atom is 0.316 e. The number of benzene rings is 1. The fourth-order valence-electron chi connectivity index (χ4n) is 4.04. The summed E-state index contributed by atoms with van der Waals surface area (Å²) >= 11 is 6.11. The highest BCUT2D eigenvalue weighted by Gasteiger charge is 2.29. The molecule has 34 heavy (non-hydrogen) atoms. The van der Waals surface area contributed by atoms with Crippen molar-refractivity contribution >= 4 is 27.5 Å². The standard InChI is InChI=1S/C23H30ClN5O4S/c24-19-9-8-10-20(17-19)29-23(30)22-21(18-25-29)27-12-14-28(15-13-27)34(31,32)26-11-6-4-2-1-3-5-7-16-33-22/h1-2,8-10,17-18,26H,3-7,11-16H2. The van der Waals surface area contributed by atoms with E-state index in [0.29, 0.717) is 55.7 Å². The minimum atomic E-state index is -3.54. The van der Waals surface area contributed by atoms with Gasteiger partial charge in [-0.25, -0.2) is 4.72 Å². The van der Waals surface area contributed by atoms with Crippen LogP contribution < -0.4 is 19.9 Å². The molecular formula is C23H30ClN5O4S. The van der Waals surface area contributed by atoms with Gasteiger partial charge in [-0.1, -0.05) is 29.8 Å². The van der Waals surface area contributed by atoms with E-state index in [9.17, 15) is 13.2 Å². The maximum absolute atomic E-state index is 13.4. The summed E-state index contributed by atoms with van der Waals surface area (Å²) in [6.45, 7) is 2.31. The summed E-state index contributed by atoms with van der Waals surface area (Å²) in [5.74, 6) is 0.223. The van der Waals surface area contributed by atoms with Crippen LogP contribution in [0.2, 0.25) is 5.02 Å². The van der Waals surface area contributed by atoms with Crippen molar-refractivity contribution < 1.29 is 13.2 Å². The number of halogens is 1. The molecule has 9 nitrogen and oxygen atoms in total. The van der Waals surface area contributed by atoms with Gasteiger partial charge in [0.1, 0.15) is 5.69 Å². The Bertz CT molecular complexity index is 1180. The van der Waals surface area contributed by atoms with Gasteiger partial charge in [0.05, 0.1) is 18.5 Å². The molecule has 11 heteroatoms. The smallest absolute Gasteiger partial charge is 0.316 e. The SMILES string of the molecule is O=c1c2c(cnn1-c1cccc(Cl)c1)N1CCN(CC1)S(=O)(=O)NCCCC=CCCCCO2. The number of fused-ring (bicyclic) bond motifs is 12. The van der Waals surface area contributed by atoms with Crippen molar-refractivity contribution in [2.45, 2.75) is 32.1 Å². The van der Waals surface area contributed by atoms with Crippen LogP contribution in [-0.2, 0) is 10.2 Å². The molecule has 0 spiro atoms. The van der Waals surface area contributed by atoms with Gasteiger partial charge < -0.3 is 9.64 Å². The van der Waals surface area contributed by atoms with Crippen molar-refractivity contribution in [3.05, 3.63) is 58.0 Å². The molecule has 1 aromatic heterocycles. The van der Waals surface area contributed by atoms with Crippen LogP contribution in [0.15, 0.2) is 47.4 Å². The average Bonchev–Trinajstić information content (AvgIpc) is 2.83. The van der Waals surface area contributed by atoms with Crippen molar-refractivity contribution in [3.63, 3.8) is 0 Å². The largest absolute Gasteiger partial charge is 0.486 e. The molecule has 0 amide bonds. The second kappa shape index (κ2) is 11.4. The molecule has 5 rings (SSSR count). The second-order valence-electron chi connectivity index (χ2n) is 8.30. The lowest BCUT2D eigenvalue weighted by atomic mass is 10.2. The van der Waals surface area contributed by atoms with E-state index in [-0.39, 0.29) is 11.3 Å². The van der Waals surface area contributed by atoms with Crippen molar-refractivity contribution in [2.24, 2.45) is 0 Å². The maximum atomic E-state index is 13.4. The molecule has 2 bridgehead atoms. The quantitative estimate of drug-likeness (QED) is 0.596. The van der Waals surface area contributed by atoms with Crippen molar-refractivity contribution in [3.8, 4) is 11.4 Å². The first kappa shape index (κ1) is 24.7. The molecule has 1 saturated heterocycles. The van der Waals surface area contributed by atoms with Crippen molar-refractivity contribution in [1.82, 2.24) is 18.8 Å². The van der Waals surface area contributed by atoms with E-state index < -0.39 is 10.2 Å². The number of aromatic nitrogens is 2. The van der Waals surface area contributed by atoms with Gasteiger partial charge in [-0.15, -0.1) is 0 Å². The molecule has 0 saturated carbocycles. The minimum Gasteiger partial charge on any atom is -0.486 e. The van der Waals surface area contributed by atoms with Gasteiger partial charge in [-0.3, -0.25) is 4.79 Å². The van der Waals surface area contributed by atoms with E-state index in [1.54, 1.807) is 30.5 Å². The molecule has 1 N–H and O–H groups in total. The number of anilines is 1. The van der Waals surface area contributed by atoms with Crippen LogP contribution in [0, 0.1) is 0 Å². The van der Waals surface area contributed by atoms with Gasteiger partial charge in [-0.05, 0) is 50.3 Å². The number of piperazine rings is 1. The lowest BCUT2D eigenvalue weighted by Crippen LogP contribution is -2.52. The van der Waals surface area contributed by atoms with E-state index in [2.05, 4.69) is 22.0 Å². The predicted octanol–water partition coefficient (Wildman–Crippen LogP) is 2.74. The molecule has 0 radical (unpaired) electrons. The number of allylic oxidation sites excluding steroid dienone is 2. The zero-order valence-corrected chi connectivity index (χ0v) is 20.6. The molecule has 1 fully saturated rings. The Morgan fingerprint density at radius 3 is 2.56 bits per heavy atom. The van der Waals surface area contributed by atoms with E-state index in [1.165, 1.54) is 8.99 Å². The topological polar surface area (TPSA) is 96.8 Å². The zero-order chi connectivity index (χ0) is 24.0. The van der Waals surface area contributed by atoms with Crippen LogP contribution in [0.1, 0.15) is 32.1 Å². The fourth-order valence-corrected chi connectivity index (χ4v) is 5.45. The molecule has 184 valence electrons. The summed E-state index contributed by atoms with van der Waals surface area (Å²) in [5.41, 5.74) is 0.760. The van der Waals surface area contributed by atoms with Crippen LogP contribution in [0.25, 0.3) is 5.69 Å². The van der Waals surface area contributed by atoms with Crippen molar-refractivity contribution in [1.29, 1.82) is 0 Å². The number of nitrogens with zero attached hydrogens (tertiary/aromatic N) is 4. The Balaban J connectivity index is 1.64. The predicted molar refractivity (Wildman–Crippen MR) is 133 cm³/mol. The Hall–Kier alpha value is -2.40. The first-order valence-corrected chi connectivity index (χ1v) is 13.4. The molecule has 4 heterocycles. The third-order valence-corrected chi connectivity index (χ3v) is 7.75. The Labute approximate surface area is 205 Å². The molecule has 1 aromatic carbocycles. The first-order valence-electron chi connectivity index (χ1n) is 11.6. The first-order chi connectivity index (χ1) is 16.5. The Kier molecular flexibility index (Phi) is 8.25. The van der Waals surface area contributed by atoms with Crippen LogP contribution in [0.5, 0.6) is 5.75 Å². The highest BCUT2D eigenvalue weighted by atomic mass is 35.5. The summed E-state index contributed by atoms with van der Waals surface area (Å²) in [6, 6.07) is 6.93. The summed E-state index contributed by atoms with van der Waals surface area (Å²) in [5, 5.41) is 4.87. The number of hydrogen-bond acceptors (Lipinski definition) is 6. The van der Waals surface area contributed by atoms with Gasteiger partial charge in [0, 0.05) is 37.7 Å². The minimum absolute atomic E-state index is 0.223. The molecule has 3 aliphatic heterocycles. The lowest BCUT2D eigenvalue weighted by Gasteiger charge is -2.35. The number of nitrogens with one attached hydrogen (secondary N) is 1. The highest BCUT2D eigenvalue weighted by Crippen LogP contribution is 2.26. The van der Waals surface area contributed by atoms with Crippen LogP contribution >= 0.6 is 11.6 Å². The Morgan fingerprint density at radius 1 is 1.03 bits per heavy atom. The number of rotatable bonds is 1. The number of hydrogen-bond donors (Lipinski definition) is 1. The van der Waals surface area contributed by atoms with Crippen LogP contribution in [-0.4, -0.2) is 61.8 Å². The van der Waals surface area contributed by atoms with Crippen LogP contribution in [0.4, 0.5) is 5.69 Å². The summed E-state index contributed by atoms with van der Waals surface area (Å²) < 4.78 is 36.8. The average molecular weight is 508 g/mol. The van der Waals surface area contributed by atoms with Gasteiger partial charge >= 0.3 is 5.56 Å². The third kappa shape index (κ3) is 5.99. The normalized spacial score (nSPS) is 20.2. The summed E-state index contributed by atoms with van der Waals surface area (Å²) in [4.78, 5) is 15.4. The third-order valence-electron chi connectivity index (χ3n) is 5.90. The monoisotopic (exact) mass is 507 g/mol. The van der Waals surface area contributed by atoms with E-state index in [4.69, 9.17) is 16.3 Å². The number of ether oxygens (including phenoxy) is 1. The fraction of sp³-hybridized carbons (Fsp3) is 0.478.